The van der Waals surface area contributed by atoms with Gasteiger partial charge in [-0.15, -0.1) is 0 Å². The summed E-state index contributed by atoms with van der Waals surface area (Å²) in [5.74, 6) is -0.185. The largest absolute Gasteiger partial charge is 0.471 e. The minimum Gasteiger partial charge on any atom is -0.471 e. The molecule has 2 aromatic heterocycles. The number of ether oxygens (including phenoxy) is 2. The van der Waals surface area contributed by atoms with Gasteiger partial charge in [0.25, 0.3) is 5.88 Å². The summed E-state index contributed by atoms with van der Waals surface area (Å²) >= 11 is 0. The van der Waals surface area contributed by atoms with Crippen LogP contribution in [0.2, 0.25) is 0 Å². The monoisotopic (exact) mass is 420 g/mol. The lowest BCUT2D eigenvalue weighted by molar-refractivity contribution is 0.102. The Kier molecular flexibility index (Phi) is 4.55. The molecule has 0 bridgehead atoms. The number of nitriles is 1. The van der Waals surface area contributed by atoms with Gasteiger partial charge in [0.1, 0.15) is 18.7 Å². The molecule has 156 valence electrons. The lowest BCUT2D eigenvalue weighted by Crippen LogP contribution is -2.26. The van der Waals surface area contributed by atoms with Crippen LogP contribution in [-0.2, 0) is 10.2 Å². The molecule has 1 saturated carbocycles. The van der Waals surface area contributed by atoms with Gasteiger partial charge in [0.05, 0.1) is 29.4 Å². The first kappa shape index (κ1) is 19.1. The predicted molar refractivity (Wildman–Crippen MR) is 106 cm³/mol. The van der Waals surface area contributed by atoms with Crippen molar-refractivity contribution in [3.8, 4) is 23.1 Å². The van der Waals surface area contributed by atoms with Gasteiger partial charge in [-0.3, -0.25) is 9.88 Å². The van der Waals surface area contributed by atoms with Crippen LogP contribution in [0.4, 0.5) is 14.9 Å². The van der Waals surface area contributed by atoms with E-state index in [1.54, 1.807) is 36.5 Å². The van der Waals surface area contributed by atoms with Crippen LogP contribution in [0.15, 0.2) is 53.4 Å². The number of carbonyl (C=O) groups is 1. The van der Waals surface area contributed by atoms with Crippen molar-refractivity contribution >= 4 is 11.8 Å². The molecule has 1 aliphatic carbocycles. The summed E-state index contributed by atoms with van der Waals surface area (Å²) in [6, 6.07) is 11.9. The molecule has 3 heterocycles. The Hall–Kier alpha value is -3.93. The molecule has 1 unspecified atom stereocenters. The van der Waals surface area contributed by atoms with Crippen molar-refractivity contribution in [1.82, 2.24) is 10.1 Å². The fourth-order valence-electron chi connectivity index (χ4n) is 3.57. The maximum atomic E-state index is 14.9. The van der Waals surface area contributed by atoms with E-state index in [1.807, 2.05) is 0 Å². The summed E-state index contributed by atoms with van der Waals surface area (Å²) < 4.78 is 30.2. The highest BCUT2D eigenvalue weighted by molar-refractivity contribution is 5.90. The van der Waals surface area contributed by atoms with E-state index >= 15 is 0 Å². The van der Waals surface area contributed by atoms with Crippen molar-refractivity contribution in [3.05, 3.63) is 60.4 Å². The van der Waals surface area contributed by atoms with E-state index in [9.17, 15) is 14.4 Å². The number of amides is 1. The van der Waals surface area contributed by atoms with Crippen LogP contribution >= 0.6 is 0 Å². The molecular formula is C22H17FN4O4. The number of halogens is 1. The third-order valence-electron chi connectivity index (χ3n) is 5.50. The second-order valence-corrected chi connectivity index (χ2v) is 7.56. The standard InChI is InChI=1S/C22H17FN4O4/c23-18-9-15(27-11-16(31-21(27)28)12-29-20-5-8-30-26-20)2-3-17(18)14-1-4-19(25-10-14)22(13-24)6-7-22/h1-5,8-10,16H,6-7,11-12H2. The number of hydrogen-bond donors (Lipinski definition) is 0. The topological polar surface area (TPSA) is 101 Å². The number of benzene rings is 1. The Bertz CT molecular complexity index is 1150. The van der Waals surface area contributed by atoms with E-state index in [-0.39, 0.29) is 13.2 Å². The van der Waals surface area contributed by atoms with Crippen molar-refractivity contribution in [2.75, 3.05) is 18.1 Å². The van der Waals surface area contributed by atoms with E-state index in [0.29, 0.717) is 22.7 Å². The summed E-state index contributed by atoms with van der Waals surface area (Å²) in [6.07, 6.45) is 3.47. The van der Waals surface area contributed by atoms with E-state index in [2.05, 4.69) is 20.7 Å². The molecule has 0 spiro atoms. The van der Waals surface area contributed by atoms with E-state index in [1.165, 1.54) is 17.2 Å². The fourth-order valence-corrected chi connectivity index (χ4v) is 3.57. The molecule has 1 atom stereocenters. The summed E-state index contributed by atoms with van der Waals surface area (Å²) in [5, 5.41) is 12.9. The molecule has 0 radical (unpaired) electrons. The zero-order valence-corrected chi connectivity index (χ0v) is 16.3. The zero-order chi connectivity index (χ0) is 21.4. The lowest BCUT2D eigenvalue weighted by Gasteiger charge is -2.14. The Morgan fingerprint density at radius 2 is 2.16 bits per heavy atom. The molecule has 9 heteroatoms. The first-order chi connectivity index (χ1) is 15.1. The molecular weight excluding hydrogens is 403 g/mol. The van der Waals surface area contributed by atoms with Crippen LogP contribution in [0.25, 0.3) is 11.1 Å². The van der Waals surface area contributed by atoms with Crippen molar-refractivity contribution < 1.29 is 23.2 Å². The average molecular weight is 420 g/mol. The van der Waals surface area contributed by atoms with Gasteiger partial charge in [0.15, 0.2) is 6.10 Å². The molecule has 2 fully saturated rings. The quantitative estimate of drug-likeness (QED) is 0.597. The average Bonchev–Trinajstić information content (AvgIpc) is 3.23. The molecule has 3 aromatic rings. The van der Waals surface area contributed by atoms with Gasteiger partial charge < -0.3 is 14.0 Å². The number of cyclic esters (lactones) is 1. The summed E-state index contributed by atoms with van der Waals surface area (Å²) in [4.78, 5) is 18.0. The van der Waals surface area contributed by atoms with Crippen LogP contribution in [0, 0.1) is 17.1 Å². The first-order valence-electron chi connectivity index (χ1n) is 9.77. The van der Waals surface area contributed by atoms with Gasteiger partial charge in [-0.05, 0) is 42.3 Å². The first-order valence-corrected chi connectivity index (χ1v) is 9.77. The summed E-state index contributed by atoms with van der Waals surface area (Å²) in [7, 11) is 0. The van der Waals surface area contributed by atoms with Crippen LogP contribution in [-0.4, -0.2) is 35.5 Å². The molecule has 5 rings (SSSR count). The third-order valence-corrected chi connectivity index (χ3v) is 5.50. The maximum absolute atomic E-state index is 14.9. The van der Waals surface area contributed by atoms with E-state index in [0.717, 1.165) is 18.5 Å². The molecule has 31 heavy (non-hydrogen) atoms. The second-order valence-electron chi connectivity index (χ2n) is 7.56. The van der Waals surface area contributed by atoms with Gasteiger partial charge in [-0.2, -0.15) is 5.26 Å². The van der Waals surface area contributed by atoms with Crippen molar-refractivity contribution in [3.63, 3.8) is 0 Å². The van der Waals surface area contributed by atoms with Crippen molar-refractivity contribution in [1.29, 1.82) is 5.26 Å². The van der Waals surface area contributed by atoms with Crippen LogP contribution in [0.1, 0.15) is 18.5 Å². The smallest absolute Gasteiger partial charge is 0.414 e. The number of aromatic nitrogens is 2. The van der Waals surface area contributed by atoms with Crippen LogP contribution in [0.3, 0.4) is 0 Å². The molecule has 1 saturated heterocycles. The Balaban J connectivity index is 1.29. The highest BCUT2D eigenvalue weighted by atomic mass is 19.1. The second kappa shape index (κ2) is 7.40. The number of hydrogen-bond acceptors (Lipinski definition) is 7. The fraction of sp³-hybridized carbons (Fsp3) is 0.273. The normalized spacial score (nSPS) is 19.0. The van der Waals surface area contributed by atoms with E-state index in [4.69, 9.17) is 9.47 Å². The predicted octanol–water partition coefficient (Wildman–Crippen LogP) is 3.84. The minimum absolute atomic E-state index is 0.109. The minimum atomic E-state index is -0.571. The van der Waals surface area contributed by atoms with E-state index < -0.39 is 23.4 Å². The highest BCUT2D eigenvalue weighted by Crippen LogP contribution is 2.46. The Labute approximate surface area is 176 Å². The zero-order valence-electron chi connectivity index (χ0n) is 16.3. The number of anilines is 1. The number of pyridine rings is 1. The molecule has 1 aliphatic heterocycles. The van der Waals surface area contributed by atoms with Crippen molar-refractivity contribution in [2.24, 2.45) is 0 Å². The molecule has 8 nitrogen and oxygen atoms in total. The molecule has 1 aromatic carbocycles. The molecule has 0 N–H and O–H groups in total. The SMILES string of the molecule is N#CC1(c2ccc(-c3ccc(N4CC(COc5ccon5)OC4=O)cc3F)cn2)CC1. The highest BCUT2D eigenvalue weighted by Gasteiger charge is 2.46. The third kappa shape index (κ3) is 3.57. The van der Waals surface area contributed by atoms with Gasteiger partial charge >= 0.3 is 6.09 Å². The van der Waals surface area contributed by atoms with Gasteiger partial charge in [-0.1, -0.05) is 6.07 Å². The van der Waals surface area contributed by atoms with Crippen LogP contribution < -0.4 is 9.64 Å². The van der Waals surface area contributed by atoms with Crippen LogP contribution in [0.5, 0.6) is 5.88 Å². The lowest BCUT2D eigenvalue weighted by atomic mass is 10.0. The number of nitrogens with zero attached hydrogens (tertiary/aromatic N) is 4. The Morgan fingerprint density at radius 3 is 2.81 bits per heavy atom. The van der Waals surface area contributed by atoms with Gasteiger partial charge in [-0.25, -0.2) is 9.18 Å². The number of rotatable bonds is 6. The summed E-state index contributed by atoms with van der Waals surface area (Å²) in [5.41, 5.74) is 1.59. The molecule has 1 amide bonds. The van der Waals surface area contributed by atoms with Gasteiger partial charge in [0, 0.05) is 23.4 Å². The maximum Gasteiger partial charge on any atom is 0.414 e. The number of carbonyl (C=O) groups excluding carboxylic acids is 1. The molecule has 2 aliphatic rings. The summed E-state index contributed by atoms with van der Waals surface area (Å²) in [6.45, 7) is 0.333. The van der Waals surface area contributed by atoms with Gasteiger partial charge in [0.2, 0.25) is 0 Å². The Morgan fingerprint density at radius 1 is 1.29 bits per heavy atom. The van der Waals surface area contributed by atoms with Crippen molar-refractivity contribution in [2.45, 2.75) is 24.4 Å².